The molecule has 0 saturated carbocycles. The molecule has 1 unspecified atom stereocenters. The first-order chi connectivity index (χ1) is 6.16. The van der Waals surface area contributed by atoms with E-state index in [0.717, 1.165) is 25.7 Å². The number of aliphatic carboxylic acids is 1. The quantitative estimate of drug-likeness (QED) is 0.448. The number of rotatable bonds is 8. The van der Waals surface area contributed by atoms with Crippen LogP contribution in [-0.2, 0) is 4.79 Å². The van der Waals surface area contributed by atoms with Crippen LogP contribution in [0.5, 0.6) is 0 Å². The molecule has 2 N–H and O–H groups in total. The number of nitrogens with one attached hydrogen (secondary N) is 1. The van der Waals surface area contributed by atoms with Crippen molar-refractivity contribution in [1.29, 1.82) is 0 Å². The molecule has 0 heterocycles. The lowest BCUT2D eigenvalue weighted by molar-refractivity contribution is -0.136. The van der Waals surface area contributed by atoms with E-state index >= 15 is 0 Å². The van der Waals surface area contributed by atoms with Crippen molar-refractivity contribution >= 4 is 5.97 Å². The fraction of sp³-hybridized carbons (Fsp3) is 0.700. The Morgan fingerprint density at radius 2 is 2.31 bits per heavy atom. The van der Waals surface area contributed by atoms with Crippen molar-refractivity contribution in [3.63, 3.8) is 0 Å². The third kappa shape index (κ3) is 9.08. The number of carboxylic acid groups (broad SMARTS) is 1. The van der Waals surface area contributed by atoms with E-state index in [1.165, 1.54) is 0 Å². The fourth-order valence-corrected chi connectivity index (χ4v) is 1.10. The molecule has 0 amide bonds. The third-order valence-corrected chi connectivity index (χ3v) is 1.90. The van der Waals surface area contributed by atoms with Gasteiger partial charge in [-0.15, -0.1) is 6.58 Å². The van der Waals surface area contributed by atoms with Gasteiger partial charge in [-0.25, -0.2) is 0 Å². The molecule has 0 spiro atoms. The summed E-state index contributed by atoms with van der Waals surface area (Å²) in [4.78, 5) is 10.2. The zero-order valence-corrected chi connectivity index (χ0v) is 8.25. The number of hydrogen-bond acceptors (Lipinski definition) is 2. The summed E-state index contributed by atoms with van der Waals surface area (Å²) in [5.41, 5.74) is 0. The van der Waals surface area contributed by atoms with Crippen LogP contribution in [0.1, 0.15) is 32.6 Å². The van der Waals surface area contributed by atoms with Crippen molar-refractivity contribution in [2.24, 2.45) is 0 Å². The normalized spacial score (nSPS) is 12.4. The molecule has 3 nitrogen and oxygen atoms in total. The van der Waals surface area contributed by atoms with E-state index in [-0.39, 0.29) is 6.54 Å². The molecule has 76 valence electrons. The van der Waals surface area contributed by atoms with E-state index in [0.29, 0.717) is 6.04 Å². The molecule has 0 aromatic rings. The van der Waals surface area contributed by atoms with Gasteiger partial charge in [-0.1, -0.05) is 12.5 Å². The predicted molar refractivity (Wildman–Crippen MR) is 53.8 cm³/mol. The second kappa shape index (κ2) is 7.80. The zero-order valence-electron chi connectivity index (χ0n) is 8.25. The van der Waals surface area contributed by atoms with E-state index in [1.807, 2.05) is 13.0 Å². The topological polar surface area (TPSA) is 49.3 Å². The van der Waals surface area contributed by atoms with Crippen molar-refractivity contribution in [1.82, 2.24) is 5.32 Å². The number of carbonyl (C=O) groups is 1. The summed E-state index contributed by atoms with van der Waals surface area (Å²) in [6.07, 6.45) is 6.25. The Balaban J connectivity index is 3.24. The largest absolute Gasteiger partial charge is 0.480 e. The van der Waals surface area contributed by atoms with E-state index in [1.54, 1.807) is 0 Å². The number of allylic oxidation sites excluding steroid dienone is 1. The number of unbranched alkanes of at least 4 members (excludes halogenated alkanes) is 2. The summed E-state index contributed by atoms with van der Waals surface area (Å²) in [5.74, 6) is -0.794. The monoisotopic (exact) mass is 185 g/mol. The Hall–Kier alpha value is -0.830. The van der Waals surface area contributed by atoms with Gasteiger partial charge >= 0.3 is 5.97 Å². The lowest BCUT2D eigenvalue weighted by Gasteiger charge is -2.10. The van der Waals surface area contributed by atoms with Crippen LogP contribution >= 0.6 is 0 Å². The van der Waals surface area contributed by atoms with Gasteiger partial charge < -0.3 is 10.4 Å². The SMILES string of the molecule is C=CCCCCC(C)NCC(=O)O. The van der Waals surface area contributed by atoms with Gasteiger partial charge in [0.05, 0.1) is 6.54 Å². The molecule has 0 fully saturated rings. The molecule has 3 heteroatoms. The first kappa shape index (κ1) is 12.2. The molecule has 13 heavy (non-hydrogen) atoms. The van der Waals surface area contributed by atoms with Crippen LogP contribution in [0.15, 0.2) is 12.7 Å². The van der Waals surface area contributed by atoms with Gasteiger partial charge in [-0.3, -0.25) is 4.79 Å². The highest BCUT2D eigenvalue weighted by Gasteiger charge is 2.02. The number of hydrogen-bond donors (Lipinski definition) is 2. The van der Waals surface area contributed by atoms with Crippen LogP contribution in [0.25, 0.3) is 0 Å². The Bertz CT molecular complexity index is 157. The average molecular weight is 185 g/mol. The minimum Gasteiger partial charge on any atom is -0.480 e. The molecule has 0 saturated heterocycles. The second-order valence-electron chi connectivity index (χ2n) is 3.25. The van der Waals surface area contributed by atoms with Gasteiger partial charge in [0.15, 0.2) is 0 Å². The molecule has 1 atom stereocenters. The van der Waals surface area contributed by atoms with Crippen molar-refractivity contribution in [3.05, 3.63) is 12.7 Å². The Morgan fingerprint density at radius 1 is 1.62 bits per heavy atom. The summed E-state index contributed by atoms with van der Waals surface area (Å²) in [6, 6.07) is 0.293. The minimum absolute atomic E-state index is 0.0582. The molecule has 0 radical (unpaired) electrons. The summed E-state index contributed by atoms with van der Waals surface area (Å²) >= 11 is 0. The summed E-state index contributed by atoms with van der Waals surface area (Å²) in [5, 5.41) is 11.3. The Kier molecular flexibility index (Phi) is 7.30. The predicted octanol–water partition coefficient (Wildman–Crippen LogP) is 1.80. The molecule has 0 aliphatic heterocycles. The van der Waals surface area contributed by atoms with Crippen molar-refractivity contribution < 1.29 is 9.90 Å². The Morgan fingerprint density at radius 3 is 2.85 bits per heavy atom. The highest BCUT2D eigenvalue weighted by Crippen LogP contribution is 2.03. The van der Waals surface area contributed by atoms with Crippen LogP contribution in [-0.4, -0.2) is 23.7 Å². The highest BCUT2D eigenvalue weighted by atomic mass is 16.4. The smallest absolute Gasteiger partial charge is 0.317 e. The van der Waals surface area contributed by atoms with Crippen LogP contribution in [0.2, 0.25) is 0 Å². The van der Waals surface area contributed by atoms with Crippen LogP contribution in [0, 0.1) is 0 Å². The van der Waals surface area contributed by atoms with Gasteiger partial charge in [-0.2, -0.15) is 0 Å². The van der Waals surface area contributed by atoms with Crippen molar-refractivity contribution in [2.45, 2.75) is 38.6 Å². The summed E-state index contributed by atoms with van der Waals surface area (Å²) < 4.78 is 0. The molecular weight excluding hydrogens is 166 g/mol. The van der Waals surface area contributed by atoms with Crippen molar-refractivity contribution in [3.8, 4) is 0 Å². The maximum absolute atomic E-state index is 10.2. The maximum Gasteiger partial charge on any atom is 0.317 e. The second-order valence-corrected chi connectivity index (χ2v) is 3.25. The summed E-state index contributed by atoms with van der Waals surface area (Å²) in [7, 11) is 0. The zero-order chi connectivity index (χ0) is 10.1. The van der Waals surface area contributed by atoms with Gasteiger partial charge in [-0.05, 0) is 26.2 Å². The third-order valence-electron chi connectivity index (χ3n) is 1.90. The van der Waals surface area contributed by atoms with E-state index in [2.05, 4.69) is 11.9 Å². The molecule has 0 aromatic carbocycles. The molecule has 0 rings (SSSR count). The average Bonchev–Trinajstić information content (AvgIpc) is 2.09. The standard InChI is InChI=1S/C10H19NO2/c1-3-4-5-6-7-9(2)11-8-10(12)13/h3,9,11H,1,4-8H2,2H3,(H,12,13). The first-order valence-corrected chi connectivity index (χ1v) is 4.73. The molecule has 0 aromatic heterocycles. The number of carboxylic acids is 1. The van der Waals surface area contributed by atoms with Gasteiger partial charge in [0, 0.05) is 6.04 Å². The highest BCUT2D eigenvalue weighted by molar-refractivity contribution is 5.69. The van der Waals surface area contributed by atoms with Crippen LogP contribution in [0.4, 0.5) is 0 Å². The van der Waals surface area contributed by atoms with Crippen LogP contribution in [0.3, 0.4) is 0 Å². The molecular formula is C10H19NO2. The lowest BCUT2D eigenvalue weighted by Crippen LogP contribution is -2.31. The Labute approximate surface area is 79.8 Å². The molecule has 0 aliphatic rings. The fourth-order valence-electron chi connectivity index (χ4n) is 1.10. The summed E-state index contributed by atoms with van der Waals surface area (Å²) in [6.45, 7) is 5.71. The van der Waals surface area contributed by atoms with Crippen LogP contribution < -0.4 is 5.32 Å². The molecule has 0 aliphatic carbocycles. The molecule has 0 bridgehead atoms. The maximum atomic E-state index is 10.2. The van der Waals surface area contributed by atoms with E-state index in [4.69, 9.17) is 5.11 Å². The van der Waals surface area contributed by atoms with Crippen molar-refractivity contribution in [2.75, 3.05) is 6.54 Å². The first-order valence-electron chi connectivity index (χ1n) is 4.73. The van der Waals surface area contributed by atoms with E-state index < -0.39 is 5.97 Å². The van der Waals surface area contributed by atoms with Gasteiger partial charge in [0.25, 0.3) is 0 Å². The lowest BCUT2D eigenvalue weighted by atomic mass is 10.1. The van der Waals surface area contributed by atoms with Gasteiger partial charge in [0.2, 0.25) is 0 Å². The van der Waals surface area contributed by atoms with E-state index in [9.17, 15) is 4.79 Å². The van der Waals surface area contributed by atoms with Gasteiger partial charge in [0.1, 0.15) is 0 Å². The minimum atomic E-state index is -0.794.